The van der Waals surface area contributed by atoms with Gasteiger partial charge in [-0.15, -0.1) is 0 Å². The maximum atomic E-state index is 10.7. The molecule has 2 aromatic carbocycles. The third kappa shape index (κ3) is 3.33. The fourth-order valence-electron chi connectivity index (χ4n) is 1.74. The van der Waals surface area contributed by atoms with Gasteiger partial charge >= 0.3 is 0 Å². The van der Waals surface area contributed by atoms with Crippen molar-refractivity contribution in [3.05, 3.63) is 68.2 Å². The number of hydrogen-bond donors (Lipinski definition) is 1. The molecule has 2 rings (SSSR count). The Morgan fingerprint density at radius 3 is 2.80 bits per heavy atom. The van der Waals surface area contributed by atoms with E-state index in [1.807, 2.05) is 0 Å². The lowest BCUT2D eigenvalue weighted by Gasteiger charge is -2.08. The van der Waals surface area contributed by atoms with E-state index in [4.69, 9.17) is 5.26 Å². The molecule has 0 amide bonds. The van der Waals surface area contributed by atoms with Crippen LogP contribution in [0, 0.1) is 21.4 Å². The monoisotopic (exact) mass is 331 g/mol. The first kappa shape index (κ1) is 14.0. The minimum absolute atomic E-state index is 0.0547. The number of non-ortho nitro benzene ring substituents is 1. The summed E-state index contributed by atoms with van der Waals surface area (Å²) >= 11 is 3.34. The summed E-state index contributed by atoms with van der Waals surface area (Å²) in [6, 6.07) is 13.8. The molecule has 0 aliphatic heterocycles. The van der Waals surface area contributed by atoms with Crippen molar-refractivity contribution >= 4 is 27.3 Å². The summed E-state index contributed by atoms with van der Waals surface area (Å²) in [7, 11) is 0. The first-order chi connectivity index (χ1) is 9.60. The van der Waals surface area contributed by atoms with Crippen LogP contribution in [-0.2, 0) is 6.54 Å². The molecule has 0 atom stereocenters. The summed E-state index contributed by atoms with van der Waals surface area (Å²) < 4.78 is 0.859. The number of nitrogens with one attached hydrogen (secondary N) is 1. The zero-order valence-electron chi connectivity index (χ0n) is 10.3. The molecular weight excluding hydrogens is 322 g/mol. The molecule has 20 heavy (non-hydrogen) atoms. The van der Waals surface area contributed by atoms with Crippen LogP contribution in [0.25, 0.3) is 0 Å². The van der Waals surface area contributed by atoms with Gasteiger partial charge in [0.15, 0.2) is 0 Å². The number of rotatable bonds is 4. The Hall–Kier alpha value is -2.39. The van der Waals surface area contributed by atoms with Crippen LogP contribution in [0.15, 0.2) is 46.9 Å². The van der Waals surface area contributed by atoms with E-state index in [1.165, 1.54) is 12.1 Å². The van der Waals surface area contributed by atoms with Crippen LogP contribution in [0.3, 0.4) is 0 Å². The SMILES string of the molecule is N#Cc1ccc(Br)cc1NCc1cccc([N+](=O)[O-])c1. The summed E-state index contributed by atoms with van der Waals surface area (Å²) in [5.74, 6) is 0. The molecule has 100 valence electrons. The molecule has 1 N–H and O–H groups in total. The molecule has 0 unspecified atom stereocenters. The van der Waals surface area contributed by atoms with Gasteiger partial charge in [0.05, 0.1) is 16.2 Å². The smallest absolute Gasteiger partial charge is 0.269 e. The highest BCUT2D eigenvalue weighted by Gasteiger charge is 2.07. The summed E-state index contributed by atoms with van der Waals surface area (Å²) in [4.78, 5) is 10.3. The standard InChI is InChI=1S/C14H10BrN3O2/c15-12-5-4-11(8-16)14(7-12)17-9-10-2-1-3-13(6-10)18(19)20/h1-7,17H,9H2. The molecule has 0 bridgehead atoms. The Balaban J connectivity index is 2.17. The van der Waals surface area contributed by atoms with Gasteiger partial charge in [-0.2, -0.15) is 5.26 Å². The second kappa shape index (κ2) is 6.17. The van der Waals surface area contributed by atoms with Crippen molar-refractivity contribution in [2.45, 2.75) is 6.54 Å². The van der Waals surface area contributed by atoms with Crippen molar-refractivity contribution < 1.29 is 4.92 Å². The largest absolute Gasteiger partial charge is 0.380 e. The highest BCUT2D eigenvalue weighted by Crippen LogP contribution is 2.22. The lowest BCUT2D eigenvalue weighted by atomic mass is 10.1. The van der Waals surface area contributed by atoms with Gasteiger partial charge in [-0.25, -0.2) is 0 Å². The van der Waals surface area contributed by atoms with E-state index < -0.39 is 4.92 Å². The fourth-order valence-corrected chi connectivity index (χ4v) is 2.10. The van der Waals surface area contributed by atoms with Gasteiger partial charge in [0.1, 0.15) is 6.07 Å². The quantitative estimate of drug-likeness (QED) is 0.681. The van der Waals surface area contributed by atoms with Crippen LogP contribution in [0.4, 0.5) is 11.4 Å². The highest BCUT2D eigenvalue weighted by atomic mass is 79.9. The molecule has 0 heterocycles. The van der Waals surface area contributed by atoms with Crippen LogP contribution in [0.2, 0.25) is 0 Å². The summed E-state index contributed by atoms with van der Waals surface area (Å²) in [5.41, 5.74) is 2.05. The molecule has 0 radical (unpaired) electrons. The Morgan fingerprint density at radius 1 is 1.30 bits per heavy atom. The fraction of sp³-hybridized carbons (Fsp3) is 0.0714. The van der Waals surface area contributed by atoms with E-state index in [2.05, 4.69) is 27.3 Å². The molecular formula is C14H10BrN3O2. The van der Waals surface area contributed by atoms with E-state index in [1.54, 1.807) is 30.3 Å². The van der Waals surface area contributed by atoms with Gasteiger partial charge in [0.2, 0.25) is 0 Å². The molecule has 0 aliphatic carbocycles. The molecule has 0 spiro atoms. The predicted molar refractivity (Wildman–Crippen MR) is 79.3 cm³/mol. The maximum Gasteiger partial charge on any atom is 0.269 e. The average molecular weight is 332 g/mol. The van der Waals surface area contributed by atoms with Crippen LogP contribution in [0.1, 0.15) is 11.1 Å². The first-order valence-corrected chi connectivity index (χ1v) is 6.56. The maximum absolute atomic E-state index is 10.7. The number of nitro groups is 1. The van der Waals surface area contributed by atoms with E-state index in [-0.39, 0.29) is 5.69 Å². The number of nitro benzene ring substituents is 1. The van der Waals surface area contributed by atoms with E-state index in [0.717, 1.165) is 10.0 Å². The van der Waals surface area contributed by atoms with Gasteiger partial charge in [-0.1, -0.05) is 28.1 Å². The number of halogens is 1. The van der Waals surface area contributed by atoms with E-state index in [9.17, 15) is 10.1 Å². The minimum atomic E-state index is -0.427. The summed E-state index contributed by atoms with van der Waals surface area (Å²) in [5, 5.41) is 22.8. The third-order valence-corrected chi connectivity index (χ3v) is 3.20. The first-order valence-electron chi connectivity index (χ1n) is 5.77. The molecule has 0 aliphatic rings. The van der Waals surface area contributed by atoms with Gasteiger partial charge in [0, 0.05) is 23.2 Å². The Labute approximate surface area is 124 Å². The van der Waals surface area contributed by atoms with Gasteiger partial charge < -0.3 is 5.32 Å². The van der Waals surface area contributed by atoms with Crippen LogP contribution in [0.5, 0.6) is 0 Å². The van der Waals surface area contributed by atoms with Crippen molar-refractivity contribution in [3.63, 3.8) is 0 Å². The summed E-state index contributed by atoms with van der Waals surface area (Å²) in [6.07, 6.45) is 0. The number of nitriles is 1. The number of nitrogens with zero attached hydrogens (tertiary/aromatic N) is 2. The number of benzene rings is 2. The average Bonchev–Trinajstić information content (AvgIpc) is 2.45. The molecule has 0 saturated heterocycles. The van der Waals surface area contributed by atoms with Crippen molar-refractivity contribution in [2.24, 2.45) is 0 Å². The van der Waals surface area contributed by atoms with Crippen molar-refractivity contribution in [1.82, 2.24) is 0 Å². The Morgan fingerprint density at radius 2 is 2.10 bits per heavy atom. The third-order valence-electron chi connectivity index (χ3n) is 2.71. The Kier molecular flexibility index (Phi) is 4.33. The predicted octanol–water partition coefficient (Wildman–Crippen LogP) is 3.84. The lowest BCUT2D eigenvalue weighted by molar-refractivity contribution is -0.384. The van der Waals surface area contributed by atoms with E-state index in [0.29, 0.717) is 17.8 Å². The van der Waals surface area contributed by atoms with Crippen LogP contribution < -0.4 is 5.32 Å². The lowest BCUT2D eigenvalue weighted by Crippen LogP contribution is -2.02. The molecule has 0 fully saturated rings. The van der Waals surface area contributed by atoms with Gasteiger partial charge in [-0.05, 0) is 23.8 Å². The van der Waals surface area contributed by atoms with Crippen molar-refractivity contribution in [1.29, 1.82) is 5.26 Å². The molecule has 0 aromatic heterocycles. The molecule has 0 saturated carbocycles. The number of anilines is 1. The van der Waals surface area contributed by atoms with E-state index >= 15 is 0 Å². The second-order valence-electron chi connectivity index (χ2n) is 4.08. The molecule has 5 nitrogen and oxygen atoms in total. The van der Waals surface area contributed by atoms with Crippen LogP contribution in [-0.4, -0.2) is 4.92 Å². The zero-order chi connectivity index (χ0) is 14.5. The van der Waals surface area contributed by atoms with Crippen molar-refractivity contribution in [3.8, 4) is 6.07 Å². The van der Waals surface area contributed by atoms with Crippen LogP contribution >= 0.6 is 15.9 Å². The Bertz CT molecular complexity index is 695. The van der Waals surface area contributed by atoms with Gasteiger partial charge in [-0.3, -0.25) is 10.1 Å². The normalized spacial score (nSPS) is 9.80. The highest BCUT2D eigenvalue weighted by molar-refractivity contribution is 9.10. The van der Waals surface area contributed by atoms with Crippen molar-refractivity contribution in [2.75, 3.05) is 5.32 Å². The zero-order valence-corrected chi connectivity index (χ0v) is 11.9. The minimum Gasteiger partial charge on any atom is -0.380 e. The molecule has 2 aromatic rings. The molecule has 6 heteroatoms. The van der Waals surface area contributed by atoms with Gasteiger partial charge in [0.25, 0.3) is 5.69 Å². The number of hydrogen-bond acceptors (Lipinski definition) is 4. The second-order valence-corrected chi connectivity index (χ2v) is 5.00. The summed E-state index contributed by atoms with van der Waals surface area (Å²) in [6.45, 7) is 0.410. The topological polar surface area (TPSA) is 79.0 Å².